The second-order valence-corrected chi connectivity index (χ2v) is 8.41. The molecule has 1 N–H and O–H groups in total. The number of hydrogen-bond donors (Lipinski definition) is 1. The van der Waals surface area contributed by atoms with Gasteiger partial charge < -0.3 is 5.11 Å². The second kappa shape index (κ2) is 7.35. The summed E-state index contributed by atoms with van der Waals surface area (Å²) in [6, 6.07) is 8.23. The van der Waals surface area contributed by atoms with Gasteiger partial charge in [0.25, 0.3) is 0 Å². The Morgan fingerprint density at radius 1 is 1.20 bits per heavy atom. The number of aliphatic carboxylic acids is 1. The fourth-order valence-corrected chi connectivity index (χ4v) is 4.42. The molecular weight excluding hydrogens is 342 g/mol. The summed E-state index contributed by atoms with van der Waals surface area (Å²) < 4.78 is 26.2. The monoisotopic (exact) mass is 363 g/mol. The number of nitrogens with zero attached hydrogens (tertiary/aromatic N) is 3. The molecule has 25 heavy (non-hydrogen) atoms. The smallest absolute Gasteiger partial charge is 0.325 e. The van der Waals surface area contributed by atoms with Gasteiger partial charge >= 0.3 is 5.97 Å². The molecule has 0 saturated heterocycles. The van der Waals surface area contributed by atoms with E-state index in [1.54, 1.807) is 30.3 Å². The maximum absolute atomic E-state index is 12.4. The summed E-state index contributed by atoms with van der Waals surface area (Å²) in [4.78, 5) is 15.8. The normalized spacial score (nSPS) is 15.5. The lowest BCUT2D eigenvalue weighted by Crippen LogP contribution is -2.17. The third kappa shape index (κ3) is 4.25. The predicted octanol–water partition coefficient (Wildman–Crippen LogP) is 2.04. The van der Waals surface area contributed by atoms with Crippen LogP contribution in [0.15, 0.2) is 35.2 Å². The van der Waals surface area contributed by atoms with E-state index >= 15 is 0 Å². The average molecular weight is 363 g/mol. The molecule has 3 rings (SSSR count). The van der Waals surface area contributed by atoms with Gasteiger partial charge in [-0.3, -0.25) is 4.79 Å². The van der Waals surface area contributed by atoms with Gasteiger partial charge in [0.2, 0.25) is 0 Å². The van der Waals surface area contributed by atoms with E-state index in [0.29, 0.717) is 11.6 Å². The van der Waals surface area contributed by atoms with Crippen LogP contribution in [0.5, 0.6) is 0 Å². The van der Waals surface area contributed by atoms with Gasteiger partial charge in [0.05, 0.1) is 10.6 Å². The first-order valence-corrected chi connectivity index (χ1v) is 10.0. The Morgan fingerprint density at radius 3 is 2.52 bits per heavy atom. The summed E-state index contributed by atoms with van der Waals surface area (Å²) in [6.45, 7) is -0.305. The van der Waals surface area contributed by atoms with Crippen molar-refractivity contribution in [3.05, 3.63) is 42.0 Å². The highest BCUT2D eigenvalue weighted by atomic mass is 32.2. The molecule has 1 aliphatic rings. The Labute approximate surface area is 146 Å². The van der Waals surface area contributed by atoms with Crippen molar-refractivity contribution in [3.63, 3.8) is 0 Å². The van der Waals surface area contributed by atoms with Gasteiger partial charge in [-0.1, -0.05) is 31.0 Å². The number of aromatic nitrogens is 3. The van der Waals surface area contributed by atoms with Crippen LogP contribution < -0.4 is 0 Å². The molecule has 7 nitrogen and oxygen atoms in total. The number of sulfone groups is 1. The van der Waals surface area contributed by atoms with Crippen molar-refractivity contribution in [2.75, 3.05) is 5.75 Å². The zero-order valence-electron chi connectivity index (χ0n) is 13.8. The summed E-state index contributed by atoms with van der Waals surface area (Å²) in [5.74, 6) is 0.170. The number of benzene rings is 1. The molecular formula is C17H21N3O4S. The Hall–Kier alpha value is -2.22. The minimum Gasteiger partial charge on any atom is -0.480 e. The van der Waals surface area contributed by atoms with E-state index in [0.717, 1.165) is 25.7 Å². The van der Waals surface area contributed by atoms with Crippen LogP contribution in [0.2, 0.25) is 0 Å². The molecule has 1 saturated carbocycles. The number of carboxylic acids is 1. The maximum atomic E-state index is 12.4. The van der Waals surface area contributed by atoms with Gasteiger partial charge in [-0.2, -0.15) is 5.10 Å². The quantitative estimate of drug-likeness (QED) is 0.807. The number of rotatable bonds is 7. The summed E-state index contributed by atoms with van der Waals surface area (Å²) in [7, 11) is -3.44. The summed E-state index contributed by atoms with van der Waals surface area (Å²) in [5, 5.41) is 13.4. The SMILES string of the molecule is O=C(O)Cn1nc(C2CCCC2)nc1CCS(=O)(=O)c1ccccc1. The average Bonchev–Trinajstić information content (AvgIpc) is 3.23. The highest BCUT2D eigenvalue weighted by molar-refractivity contribution is 7.91. The van der Waals surface area contributed by atoms with Crippen LogP contribution in [-0.2, 0) is 27.6 Å². The first-order valence-electron chi connectivity index (χ1n) is 8.39. The molecule has 1 aromatic carbocycles. The van der Waals surface area contributed by atoms with Crippen molar-refractivity contribution in [1.82, 2.24) is 14.8 Å². The largest absolute Gasteiger partial charge is 0.480 e. The van der Waals surface area contributed by atoms with Gasteiger partial charge in [0, 0.05) is 12.3 Å². The van der Waals surface area contributed by atoms with Crippen LogP contribution in [0.25, 0.3) is 0 Å². The predicted molar refractivity (Wildman–Crippen MR) is 91.1 cm³/mol. The van der Waals surface area contributed by atoms with Crippen molar-refractivity contribution in [1.29, 1.82) is 0 Å². The van der Waals surface area contributed by atoms with Gasteiger partial charge in [0.15, 0.2) is 15.7 Å². The first kappa shape index (κ1) is 17.6. The van der Waals surface area contributed by atoms with Crippen molar-refractivity contribution in [2.24, 2.45) is 0 Å². The van der Waals surface area contributed by atoms with Crippen LogP contribution in [0.4, 0.5) is 0 Å². The molecule has 2 aromatic rings. The molecule has 0 bridgehead atoms. The molecule has 1 fully saturated rings. The molecule has 1 heterocycles. The molecule has 0 aliphatic heterocycles. The minimum atomic E-state index is -3.44. The van der Waals surface area contributed by atoms with Crippen molar-refractivity contribution >= 4 is 15.8 Å². The second-order valence-electron chi connectivity index (χ2n) is 6.30. The van der Waals surface area contributed by atoms with E-state index < -0.39 is 15.8 Å². The van der Waals surface area contributed by atoms with Crippen LogP contribution in [0, 0.1) is 0 Å². The molecule has 0 spiro atoms. The van der Waals surface area contributed by atoms with Crippen molar-refractivity contribution < 1.29 is 18.3 Å². The third-order valence-electron chi connectivity index (χ3n) is 4.47. The highest BCUT2D eigenvalue weighted by Crippen LogP contribution is 2.32. The topological polar surface area (TPSA) is 102 Å². The highest BCUT2D eigenvalue weighted by Gasteiger charge is 2.24. The lowest BCUT2D eigenvalue weighted by Gasteiger charge is -2.05. The van der Waals surface area contributed by atoms with Gasteiger partial charge in [-0.25, -0.2) is 18.1 Å². The van der Waals surface area contributed by atoms with E-state index in [9.17, 15) is 13.2 Å². The molecule has 8 heteroatoms. The number of carbonyl (C=O) groups is 1. The van der Waals surface area contributed by atoms with Gasteiger partial charge in [0.1, 0.15) is 12.4 Å². The fraction of sp³-hybridized carbons (Fsp3) is 0.471. The fourth-order valence-electron chi connectivity index (χ4n) is 3.16. The van der Waals surface area contributed by atoms with E-state index in [-0.39, 0.29) is 29.5 Å². The van der Waals surface area contributed by atoms with E-state index in [2.05, 4.69) is 10.1 Å². The summed E-state index contributed by atoms with van der Waals surface area (Å²) in [5.41, 5.74) is 0. The maximum Gasteiger partial charge on any atom is 0.325 e. The van der Waals surface area contributed by atoms with E-state index in [4.69, 9.17) is 5.11 Å². The zero-order chi connectivity index (χ0) is 17.9. The molecule has 1 aliphatic carbocycles. The lowest BCUT2D eigenvalue weighted by molar-refractivity contribution is -0.137. The van der Waals surface area contributed by atoms with Crippen LogP contribution in [0.3, 0.4) is 0 Å². The van der Waals surface area contributed by atoms with Crippen molar-refractivity contribution in [3.8, 4) is 0 Å². The number of aryl methyl sites for hydroxylation is 1. The first-order chi connectivity index (χ1) is 12.0. The Kier molecular flexibility index (Phi) is 5.17. The number of carboxylic acid groups (broad SMARTS) is 1. The minimum absolute atomic E-state index is 0.126. The molecule has 134 valence electrons. The lowest BCUT2D eigenvalue weighted by atomic mass is 10.1. The van der Waals surface area contributed by atoms with Crippen LogP contribution in [0.1, 0.15) is 43.3 Å². The molecule has 0 atom stereocenters. The summed E-state index contributed by atoms with van der Waals surface area (Å²) in [6.07, 6.45) is 4.38. The molecule has 1 aromatic heterocycles. The van der Waals surface area contributed by atoms with E-state index in [1.807, 2.05) is 0 Å². The van der Waals surface area contributed by atoms with E-state index in [1.165, 1.54) is 4.68 Å². The Bertz CT molecular complexity index is 840. The summed E-state index contributed by atoms with van der Waals surface area (Å²) >= 11 is 0. The van der Waals surface area contributed by atoms with Gasteiger partial charge in [-0.05, 0) is 25.0 Å². The van der Waals surface area contributed by atoms with Crippen LogP contribution >= 0.6 is 0 Å². The Morgan fingerprint density at radius 2 is 1.88 bits per heavy atom. The standard InChI is InChI=1S/C17H21N3O4S/c21-16(22)12-20-15(18-17(19-20)13-6-4-5-7-13)10-11-25(23,24)14-8-2-1-3-9-14/h1-3,8-9,13H,4-7,10-12H2,(H,21,22). The number of hydrogen-bond acceptors (Lipinski definition) is 5. The van der Waals surface area contributed by atoms with Gasteiger partial charge in [-0.15, -0.1) is 0 Å². The molecule has 0 unspecified atom stereocenters. The van der Waals surface area contributed by atoms with Crippen LogP contribution in [-0.4, -0.2) is 40.0 Å². The molecule has 0 amide bonds. The third-order valence-corrected chi connectivity index (χ3v) is 6.20. The Balaban J connectivity index is 1.79. The zero-order valence-corrected chi connectivity index (χ0v) is 14.7. The molecule has 0 radical (unpaired) electrons. The van der Waals surface area contributed by atoms with Crippen molar-refractivity contribution in [2.45, 2.75) is 49.5 Å².